The third-order valence-electron chi connectivity index (χ3n) is 3.95. The molecule has 2 rings (SSSR count). The van der Waals surface area contributed by atoms with E-state index in [0.29, 0.717) is 0 Å². The van der Waals surface area contributed by atoms with Crippen molar-refractivity contribution in [1.82, 2.24) is 0 Å². The van der Waals surface area contributed by atoms with Crippen molar-refractivity contribution in [2.45, 2.75) is 31.1 Å². The van der Waals surface area contributed by atoms with Crippen LogP contribution < -0.4 is 5.32 Å². The standard InChI is InChI=1S/C15H20N2S/c1-11-5-3-6-12(11)10-17-14-7-4-8-15(18-2)13(14)9-16/h4,7-8,11-12,17H,3,5-6,10H2,1-2H3. The molecule has 0 saturated heterocycles. The minimum absolute atomic E-state index is 0.759. The van der Waals surface area contributed by atoms with Crippen molar-refractivity contribution in [2.24, 2.45) is 11.8 Å². The maximum Gasteiger partial charge on any atom is 0.102 e. The lowest BCUT2D eigenvalue weighted by molar-refractivity contribution is 0.439. The number of hydrogen-bond donors (Lipinski definition) is 1. The lowest BCUT2D eigenvalue weighted by Crippen LogP contribution is -2.17. The van der Waals surface area contributed by atoms with E-state index in [9.17, 15) is 5.26 Å². The van der Waals surface area contributed by atoms with Gasteiger partial charge in [0.2, 0.25) is 0 Å². The van der Waals surface area contributed by atoms with Gasteiger partial charge in [-0.15, -0.1) is 11.8 Å². The van der Waals surface area contributed by atoms with Crippen molar-refractivity contribution in [2.75, 3.05) is 18.1 Å². The average Bonchev–Trinajstić information content (AvgIpc) is 2.81. The molecule has 0 amide bonds. The van der Waals surface area contributed by atoms with Gasteiger partial charge in [0.15, 0.2) is 0 Å². The van der Waals surface area contributed by atoms with E-state index in [2.05, 4.69) is 18.3 Å². The van der Waals surface area contributed by atoms with Gasteiger partial charge in [-0.3, -0.25) is 0 Å². The molecule has 1 saturated carbocycles. The summed E-state index contributed by atoms with van der Waals surface area (Å²) in [4.78, 5) is 1.06. The molecular formula is C15H20N2S. The normalized spacial score (nSPS) is 22.7. The van der Waals surface area contributed by atoms with Crippen LogP contribution in [0, 0.1) is 23.2 Å². The molecular weight excluding hydrogens is 240 g/mol. The van der Waals surface area contributed by atoms with E-state index in [0.717, 1.165) is 34.5 Å². The number of nitrogens with zero attached hydrogens (tertiary/aromatic N) is 1. The Morgan fingerprint density at radius 3 is 2.89 bits per heavy atom. The maximum atomic E-state index is 9.27. The molecule has 3 heteroatoms. The van der Waals surface area contributed by atoms with Gasteiger partial charge in [0.05, 0.1) is 11.3 Å². The van der Waals surface area contributed by atoms with Gasteiger partial charge in [0, 0.05) is 11.4 Å². The predicted molar refractivity (Wildman–Crippen MR) is 77.9 cm³/mol. The zero-order valence-corrected chi connectivity index (χ0v) is 11.9. The molecule has 0 spiro atoms. The van der Waals surface area contributed by atoms with Crippen LogP contribution in [0.15, 0.2) is 23.1 Å². The van der Waals surface area contributed by atoms with Crippen molar-refractivity contribution in [3.63, 3.8) is 0 Å². The minimum atomic E-state index is 0.759. The molecule has 1 aromatic rings. The zero-order chi connectivity index (χ0) is 13.0. The molecule has 1 N–H and O–H groups in total. The molecule has 1 aliphatic rings. The number of rotatable bonds is 4. The van der Waals surface area contributed by atoms with E-state index in [1.165, 1.54) is 19.3 Å². The molecule has 2 nitrogen and oxygen atoms in total. The molecule has 96 valence electrons. The number of hydrogen-bond acceptors (Lipinski definition) is 3. The highest BCUT2D eigenvalue weighted by molar-refractivity contribution is 7.98. The van der Waals surface area contributed by atoms with Gasteiger partial charge in [-0.1, -0.05) is 25.8 Å². The summed E-state index contributed by atoms with van der Waals surface area (Å²) in [6.45, 7) is 3.33. The van der Waals surface area contributed by atoms with Crippen molar-refractivity contribution in [1.29, 1.82) is 5.26 Å². The highest BCUT2D eigenvalue weighted by Gasteiger charge is 2.23. The number of nitriles is 1. The Labute approximate surface area is 114 Å². The fraction of sp³-hybridized carbons (Fsp3) is 0.533. The van der Waals surface area contributed by atoms with Gasteiger partial charge in [-0.05, 0) is 36.6 Å². The number of nitrogens with one attached hydrogen (secondary N) is 1. The van der Waals surface area contributed by atoms with E-state index in [-0.39, 0.29) is 0 Å². The van der Waals surface area contributed by atoms with E-state index in [1.807, 2.05) is 24.5 Å². The largest absolute Gasteiger partial charge is 0.384 e. The monoisotopic (exact) mass is 260 g/mol. The summed E-state index contributed by atoms with van der Waals surface area (Å²) < 4.78 is 0. The molecule has 1 fully saturated rings. The number of anilines is 1. The van der Waals surface area contributed by atoms with Crippen LogP contribution in [-0.4, -0.2) is 12.8 Å². The molecule has 0 bridgehead atoms. The van der Waals surface area contributed by atoms with Crippen LogP contribution in [0.1, 0.15) is 31.7 Å². The molecule has 0 radical (unpaired) electrons. The fourth-order valence-electron chi connectivity index (χ4n) is 2.73. The average molecular weight is 260 g/mol. The molecule has 0 aromatic heterocycles. The molecule has 1 aliphatic carbocycles. The molecule has 2 atom stereocenters. The van der Waals surface area contributed by atoms with Crippen molar-refractivity contribution < 1.29 is 0 Å². The van der Waals surface area contributed by atoms with E-state index in [4.69, 9.17) is 0 Å². The zero-order valence-electron chi connectivity index (χ0n) is 11.1. The number of benzene rings is 1. The third kappa shape index (κ3) is 2.81. The second-order valence-electron chi connectivity index (χ2n) is 5.04. The number of thioether (sulfide) groups is 1. The Balaban J connectivity index is 2.07. The van der Waals surface area contributed by atoms with Gasteiger partial charge in [0.25, 0.3) is 0 Å². The van der Waals surface area contributed by atoms with E-state index in [1.54, 1.807) is 11.8 Å². The Morgan fingerprint density at radius 1 is 1.44 bits per heavy atom. The summed E-state index contributed by atoms with van der Waals surface area (Å²) in [7, 11) is 0. The fourth-order valence-corrected chi connectivity index (χ4v) is 3.30. The lowest BCUT2D eigenvalue weighted by atomic mass is 9.98. The summed E-state index contributed by atoms with van der Waals surface area (Å²) in [5.74, 6) is 1.57. The summed E-state index contributed by atoms with van der Waals surface area (Å²) in [6.07, 6.45) is 6.03. The minimum Gasteiger partial charge on any atom is -0.384 e. The van der Waals surface area contributed by atoms with Gasteiger partial charge in [-0.25, -0.2) is 0 Å². The summed E-state index contributed by atoms with van der Waals surface area (Å²) in [5.41, 5.74) is 1.78. The quantitative estimate of drug-likeness (QED) is 0.827. The van der Waals surface area contributed by atoms with Gasteiger partial charge in [-0.2, -0.15) is 5.26 Å². The summed E-state index contributed by atoms with van der Waals surface area (Å²) in [5, 5.41) is 12.7. The third-order valence-corrected chi connectivity index (χ3v) is 4.73. The Bertz CT molecular complexity index is 450. The van der Waals surface area contributed by atoms with Crippen LogP contribution in [0.3, 0.4) is 0 Å². The SMILES string of the molecule is CSc1cccc(NCC2CCCC2C)c1C#N. The van der Waals surface area contributed by atoms with Crippen LogP contribution >= 0.6 is 11.8 Å². The Kier molecular flexibility index (Phi) is 4.54. The van der Waals surface area contributed by atoms with Crippen LogP contribution in [0.5, 0.6) is 0 Å². The van der Waals surface area contributed by atoms with E-state index < -0.39 is 0 Å². The van der Waals surface area contributed by atoms with Crippen molar-refractivity contribution in [3.05, 3.63) is 23.8 Å². The first kappa shape index (κ1) is 13.3. The predicted octanol–water partition coefficient (Wildman–Crippen LogP) is 4.13. The van der Waals surface area contributed by atoms with E-state index >= 15 is 0 Å². The molecule has 0 heterocycles. The van der Waals surface area contributed by atoms with Gasteiger partial charge < -0.3 is 5.32 Å². The molecule has 2 unspecified atom stereocenters. The smallest absolute Gasteiger partial charge is 0.102 e. The first-order chi connectivity index (χ1) is 8.76. The summed E-state index contributed by atoms with van der Waals surface area (Å²) >= 11 is 1.63. The molecule has 18 heavy (non-hydrogen) atoms. The lowest BCUT2D eigenvalue weighted by Gasteiger charge is -2.18. The molecule has 1 aromatic carbocycles. The van der Waals surface area contributed by atoms with Gasteiger partial charge in [0.1, 0.15) is 6.07 Å². The first-order valence-electron chi connectivity index (χ1n) is 6.57. The Morgan fingerprint density at radius 2 is 2.28 bits per heavy atom. The van der Waals surface area contributed by atoms with Crippen LogP contribution in [0.25, 0.3) is 0 Å². The van der Waals surface area contributed by atoms with Crippen LogP contribution in [-0.2, 0) is 0 Å². The van der Waals surface area contributed by atoms with Crippen molar-refractivity contribution >= 4 is 17.4 Å². The Hall–Kier alpha value is -1.14. The van der Waals surface area contributed by atoms with Crippen LogP contribution in [0.2, 0.25) is 0 Å². The highest BCUT2D eigenvalue weighted by Crippen LogP contribution is 2.32. The topological polar surface area (TPSA) is 35.8 Å². The molecule has 0 aliphatic heterocycles. The highest BCUT2D eigenvalue weighted by atomic mass is 32.2. The second-order valence-corrected chi connectivity index (χ2v) is 5.89. The second kappa shape index (κ2) is 6.15. The van der Waals surface area contributed by atoms with Gasteiger partial charge >= 0.3 is 0 Å². The first-order valence-corrected chi connectivity index (χ1v) is 7.79. The maximum absolute atomic E-state index is 9.27. The van der Waals surface area contributed by atoms with Crippen molar-refractivity contribution in [3.8, 4) is 6.07 Å². The summed E-state index contributed by atoms with van der Waals surface area (Å²) in [6, 6.07) is 8.36. The van der Waals surface area contributed by atoms with Crippen LogP contribution in [0.4, 0.5) is 5.69 Å².